The Hall–Kier alpha value is -1.73. The number of sulfonamides is 1. The van der Waals surface area contributed by atoms with E-state index < -0.39 is 10.0 Å². The van der Waals surface area contributed by atoms with Crippen molar-refractivity contribution in [1.82, 2.24) is 9.21 Å². The van der Waals surface area contributed by atoms with E-state index in [2.05, 4.69) is 20.8 Å². The van der Waals surface area contributed by atoms with E-state index in [-0.39, 0.29) is 41.0 Å². The van der Waals surface area contributed by atoms with Gasteiger partial charge in [-0.3, -0.25) is 14.5 Å². The second-order valence-corrected chi connectivity index (χ2v) is 10.0. The molecule has 2 aliphatic heterocycles. The summed E-state index contributed by atoms with van der Waals surface area (Å²) >= 11 is 0. The number of rotatable bonds is 3. The third-order valence-electron chi connectivity index (χ3n) is 5.24. The standard InChI is InChI=1S/C19H26N2O4S/c1-19(2,3)14-4-6-16(7-5-14)26(24,25)20-12-10-15(11-13-20)21-17(22)8-9-18(21)23/h4-7,15H,8-13H2,1-3H3. The summed E-state index contributed by atoms with van der Waals surface area (Å²) in [6.45, 7) is 6.91. The summed E-state index contributed by atoms with van der Waals surface area (Å²) in [6, 6.07) is 6.88. The van der Waals surface area contributed by atoms with Crippen LogP contribution < -0.4 is 0 Å². The van der Waals surface area contributed by atoms with Gasteiger partial charge in [-0.15, -0.1) is 0 Å². The SMILES string of the molecule is CC(C)(C)c1ccc(S(=O)(=O)N2CCC(N3C(=O)CCC3=O)CC2)cc1. The van der Waals surface area contributed by atoms with Gasteiger partial charge in [0.2, 0.25) is 21.8 Å². The summed E-state index contributed by atoms with van der Waals surface area (Å²) in [7, 11) is -3.55. The average molecular weight is 378 g/mol. The van der Waals surface area contributed by atoms with Crippen molar-refractivity contribution in [1.29, 1.82) is 0 Å². The lowest BCUT2D eigenvalue weighted by Crippen LogP contribution is -2.48. The topological polar surface area (TPSA) is 74.8 Å². The van der Waals surface area contributed by atoms with Crippen LogP contribution in [0.5, 0.6) is 0 Å². The average Bonchev–Trinajstić information content (AvgIpc) is 2.93. The van der Waals surface area contributed by atoms with Crippen LogP contribution in [-0.4, -0.2) is 48.6 Å². The molecule has 0 N–H and O–H groups in total. The predicted octanol–water partition coefficient (Wildman–Crippen LogP) is 2.29. The molecule has 26 heavy (non-hydrogen) atoms. The molecule has 0 unspecified atom stereocenters. The number of benzene rings is 1. The first kappa shape index (κ1) is 19.0. The third-order valence-corrected chi connectivity index (χ3v) is 7.15. The fourth-order valence-corrected chi connectivity index (χ4v) is 5.09. The smallest absolute Gasteiger partial charge is 0.243 e. The molecule has 1 aromatic carbocycles. The molecule has 0 bridgehead atoms. The van der Waals surface area contributed by atoms with Gasteiger partial charge >= 0.3 is 0 Å². The summed E-state index contributed by atoms with van der Waals surface area (Å²) in [6.07, 6.45) is 1.54. The second kappa shape index (κ2) is 6.78. The number of carbonyl (C=O) groups excluding carboxylic acids is 2. The first-order chi connectivity index (χ1) is 12.1. The molecule has 2 fully saturated rings. The number of imide groups is 1. The van der Waals surface area contributed by atoms with Crippen molar-refractivity contribution in [2.24, 2.45) is 0 Å². The molecule has 7 heteroatoms. The molecular formula is C19H26N2O4S. The zero-order chi connectivity index (χ0) is 19.1. The van der Waals surface area contributed by atoms with Gasteiger partial charge in [0.25, 0.3) is 0 Å². The van der Waals surface area contributed by atoms with Gasteiger partial charge in [0.1, 0.15) is 0 Å². The maximum atomic E-state index is 12.9. The maximum Gasteiger partial charge on any atom is 0.243 e. The molecule has 1 aromatic rings. The number of hydrogen-bond donors (Lipinski definition) is 0. The minimum Gasteiger partial charge on any atom is -0.279 e. The van der Waals surface area contributed by atoms with Crippen molar-refractivity contribution in [3.8, 4) is 0 Å². The van der Waals surface area contributed by atoms with E-state index >= 15 is 0 Å². The van der Waals surface area contributed by atoms with Gasteiger partial charge in [-0.05, 0) is 36.0 Å². The first-order valence-corrected chi connectivity index (χ1v) is 10.5. The van der Waals surface area contributed by atoms with E-state index in [1.165, 1.54) is 9.21 Å². The van der Waals surface area contributed by atoms with Crippen LogP contribution in [0.2, 0.25) is 0 Å². The molecule has 0 atom stereocenters. The first-order valence-electron chi connectivity index (χ1n) is 9.06. The maximum absolute atomic E-state index is 12.9. The Morgan fingerprint density at radius 2 is 1.42 bits per heavy atom. The second-order valence-electron chi connectivity index (χ2n) is 8.07. The lowest BCUT2D eigenvalue weighted by molar-refractivity contribution is -0.141. The van der Waals surface area contributed by atoms with Crippen molar-refractivity contribution >= 4 is 21.8 Å². The lowest BCUT2D eigenvalue weighted by atomic mass is 9.87. The van der Waals surface area contributed by atoms with Crippen LogP contribution in [0, 0.1) is 0 Å². The van der Waals surface area contributed by atoms with E-state index in [1.807, 2.05) is 12.1 Å². The summed E-state index contributed by atoms with van der Waals surface area (Å²) < 4.78 is 27.2. The molecular weight excluding hydrogens is 352 g/mol. The van der Waals surface area contributed by atoms with E-state index in [1.54, 1.807) is 12.1 Å². The van der Waals surface area contributed by atoms with Gasteiger partial charge in [-0.1, -0.05) is 32.9 Å². The summed E-state index contributed by atoms with van der Waals surface area (Å²) in [5.41, 5.74) is 1.05. The van der Waals surface area contributed by atoms with Crippen molar-refractivity contribution in [2.45, 2.75) is 62.8 Å². The number of piperidine rings is 1. The normalized spacial score (nSPS) is 20.8. The highest BCUT2D eigenvalue weighted by atomic mass is 32.2. The Kier molecular flexibility index (Phi) is 4.96. The molecule has 2 aliphatic rings. The van der Waals surface area contributed by atoms with Gasteiger partial charge in [0, 0.05) is 32.0 Å². The Morgan fingerprint density at radius 3 is 1.88 bits per heavy atom. The van der Waals surface area contributed by atoms with E-state index in [4.69, 9.17) is 0 Å². The summed E-state index contributed by atoms with van der Waals surface area (Å²) in [5.74, 6) is -0.261. The van der Waals surface area contributed by atoms with Crippen LogP contribution in [0.4, 0.5) is 0 Å². The minimum atomic E-state index is -3.55. The number of carbonyl (C=O) groups is 2. The molecule has 0 aliphatic carbocycles. The number of nitrogens with zero attached hydrogens (tertiary/aromatic N) is 2. The van der Waals surface area contributed by atoms with Crippen molar-refractivity contribution in [3.05, 3.63) is 29.8 Å². The van der Waals surface area contributed by atoms with E-state index in [9.17, 15) is 18.0 Å². The van der Waals surface area contributed by atoms with Gasteiger partial charge in [0.15, 0.2) is 0 Å². The molecule has 2 saturated heterocycles. The highest BCUT2D eigenvalue weighted by Gasteiger charge is 2.38. The van der Waals surface area contributed by atoms with Crippen LogP contribution in [0.15, 0.2) is 29.2 Å². The van der Waals surface area contributed by atoms with Crippen molar-refractivity contribution in [2.75, 3.05) is 13.1 Å². The fraction of sp³-hybridized carbons (Fsp3) is 0.579. The molecule has 6 nitrogen and oxygen atoms in total. The van der Waals surface area contributed by atoms with Crippen LogP contribution in [-0.2, 0) is 25.0 Å². The lowest BCUT2D eigenvalue weighted by Gasteiger charge is -2.35. The molecule has 2 amide bonds. The van der Waals surface area contributed by atoms with Crippen LogP contribution in [0.1, 0.15) is 52.0 Å². The molecule has 2 heterocycles. The van der Waals surface area contributed by atoms with E-state index in [0.29, 0.717) is 25.9 Å². The van der Waals surface area contributed by atoms with Gasteiger partial charge < -0.3 is 0 Å². The largest absolute Gasteiger partial charge is 0.279 e. The zero-order valence-electron chi connectivity index (χ0n) is 15.6. The van der Waals surface area contributed by atoms with Gasteiger partial charge in [-0.25, -0.2) is 8.42 Å². The monoisotopic (exact) mass is 378 g/mol. The fourth-order valence-electron chi connectivity index (χ4n) is 3.62. The Labute approximate surface area is 155 Å². The quantitative estimate of drug-likeness (QED) is 0.757. The Balaban J connectivity index is 1.70. The molecule has 0 saturated carbocycles. The van der Waals surface area contributed by atoms with Gasteiger partial charge in [0.05, 0.1) is 4.90 Å². The highest BCUT2D eigenvalue weighted by Crippen LogP contribution is 2.28. The summed E-state index contributed by atoms with van der Waals surface area (Å²) in [5, 5.41) is 0. The molecule has 142 valence electrons. The molecule has 0 spiro atoms. The summed E-state index contributed by atoms with van der Waals surface area (Å²) in [4.78, 5) is 25.4. The number of likely N-dealkylation sites (tertiary alicyclic amines) is 1. The van der Waals surface area contributed by atoms with Crippen molar-refractivity contribution in [3.63, 3.8) is 0 Å². The molecule has 0 aromatic heterocycles. The Bertz CT molecular complexity index is 785. The zero-order valence-corrected chi connectivity index (χ0v) is 16.4. The van der Waals surface area contributed by atoms with Crippen LogP contribution >= 0.6 is 0 Å². The minimum absolute atomic E-state index is 0.0323. The predicted molar refractivity (Wildman–Crippen MR) is 98.0 cm³/mol. The van der Waals surface area contributed by atoms with Gasteiger partial charge in [-0.2, -0.15) is 4.31 Å². The molecule has 0 radical (unpaired) electrons. The van der Waals surface area contributed by atoms with E-state index in [0.717, 1.165) is 5.56 Å². The Morgan fingerprint density at radius 1 is 0.923 bits per heavy atom. The number of amides is 2. The van der Waals surface area contributed by atoms with Crippen LogP contribution in [0.25, 0.3) is 0 Å². The van der Waals surface area contributed by atoms with Crippen molar-refractivity contribution < 1.29 is 18.0 Å². The van der Waals surface area contributed by atoms with Crippen LogP contribution in [0.3, 0.4) is 0 Å². The molecule has 3 rings (SSSR count). The number of hydrogen-bond acceptors (Lipinski definition) is 4. The third kappa shape index (κ3) is 3.55. The highest BCUT2D eigenvalue weighted by molar-refractivity contribution is 7.89.